The molecule has 0 aliphatic heterocycles. The molecule has 0 spiro atoms. The molecule has 0 radical (unpaired) electrons. The molecule has 2 N–H and O–H groups in total. The van der Waals surface area contributed by atoms with Crippen LogP contribution in [0, 0.1) is 0 Å². The average Bonchev–Trinajstić information content (AvgIpc) is 2.37. The highest BCUT2D eigenvalue weighted by Gasteiger charge is 2.15. The summed E-state index contributed by atoms with van der Waals surface area (Å²) in [6.45, 7) is 4.15. The van der Waals surface area contributed by atoms with Gasteiger partial charge in [0.15, 0.2) is 0 Å². The third-order valence-corrected chi connectivity index (χ3v) is 3.27. The second kappa shape index (κ2) is 8.26. The number of benzene rings is 1. The van der Waals surface area contributed by atoms with Gasteiger partial charge in [0, 0.05) is 6.04 Å². The van der Waals surface area contributed by atoms with Crippen LogP contribution < -0.4 is 5.73 Å². The Labute approximate surface area is 106 Å². The normalized spacial score (nSPS) is 12.9. The second-order valence-corrected chi connectivity index (χ2v) is 4.69. The molecule has 17 heavy (non-hydrogen) atoms. The molecule has 0 aromatic heterocycles. The van der Waals surface area contributed by atoms with E-state index in [2.05, 4.69) is 49.2 Å². The third kappa shape index (κ3) is 4.88. The molecule has 1 aromatic rings. The first-order chi connectivity index (χ1) is 8.29. The number of hydrogen-bond acceptors (Lipinski definition) is 2. The van der Waals surface area contributed by atoms with Crippen LogP contribution in [0.3, 0.4) is 0 Å². The zero-order valence-corrected chi connectivity index (χ0v) is 11.2. The predicted molar refractivity (Wildman–Crippen MR) is 75.0 cm³/mol. The van der Waals surface area contributed by atoms with E-state index in [1.807, 2.05) is 0 Å². The average molecular weight is 234 g/mol. The first-order valence-electron chi connectivity index (χ1n) is 6.74. The molecule has 0 saturated carbocycles. The Kier molecular flexibility index (Phi) is 6.90. The van der Waals surface area contributed by atoms with E-state index in [-0.39, 0.29) is 0 Å². The van der Waals surface area contributed by atoms with Crippen molar-refractivity contribution >= 4 is 0 Å². The standard InChI is InChI=1S/C15H26N2/c1-3-4-8-13-17(2)15(11-12-16)14-9-6-5-7-10-14/h5-7,9-10,15H,3-4,8,11-13,16H2,1-2H3. The van der Waals surface area contributed by atoms with E-state index in [1.165, 1.54) is 24.8 Å². The van der Waals surface area contributed by atoms with Crippen LogP contribution in [0.4, 0.5) is 0 Å². The molecule has 0 heterocycles. The zero-order chi connectivity index (χ0) is 12.5. The van der Waals surface area contributed by atoms with Crippen molar-refractivity contribution in [2.45, 2.75) is 38.6 Å². The number of unbranched alkanes of at least 4 members (excludes halogenated alkanes) is 2. The van der Waals surface area contributed by atoms with Gasteiger partial charge in [-0.15, -0.1) is 0 Å². The Morgan fingerprint density at radius 1 is 1.18 bits per heavy atom. The summed E-state index contributed by atoms with van der Waals surface area (Å²) < 4.78 is 0. The van der Waals surface area contributed by atoms with E-state index >= 15 is 0 Å². The molecule has 0 amide bonds. The van der Waals surface area contributed by atoms with Gasteiger partial charge in [0.05, 0.1) is 0 Å². The monoisotopic (exact) mass is 234 g/mol. The second-order valence-electron chi connectivity index (χ2n) is 4.69. The van der Waals surface area contributed by atoms with Gasteiger partial charge >= 0.3 is 0 Å². The highest BCUT2D eigenvalue weighted by Crippen LogP contribution is 2.22. The van der Waals surface area contributed by atoms with Crippen molar-refractivity contribution in [3.63, 3.8) is 0 Å². The molecule has 0 aliphatic rings. The Balaban J connectivity index is 2.58. The van der Waals surface area contributed by atoms with E-state index in [4.69, 9.17) is 5.73 Å². The molecule has 1 atom stereocenters. The van der Waals surface area contributed by atoms with E-state index < -0.39 is 0 Å². The quantitative estimate of drug-likeness (QED) is 0.700. The van der Waals surface area contributed by atoms with Gasteiger partial charge in [-0.1, -0.05) is 50.1 Å². The van der Waals surface area contributed by atoms with Gasteiger partial charge in [-0.2, -0.15) is 0 Å². The van der Waals surface area contributed by atoms with Crippen LogP contribution in [0.5, 0.6) is 0 Å². The molecule has 2 nitrogen and oxygen atoms in total. The van der Waals surface area contributed by atoms with E-state index in [9.17, 15) is 0 Å². The Bertz CT molecular complexity index is 284. The van der Waals surface area contributed by atoms with Crippen molar-refractivity contribution in [2.24, 2.45) is 5.73 Å². The molecule has 0 saturated heterocycles. The first kappa shape index (κ1) is 14.2. The number of nitrogens with two attached hydrogens (primary N) is 1. The van der Waals surface area contributed by atoms with Crippen molar-refractivity contribution in [1.82, 2.24) is 4.90 Å². The SMILES string of the molecule is CCCCCN(C)C(CCN)c1ccccc1. The molecular formula is C15H26N2. The van der Waals surface area contributed by atoms with Gasteiger partial charge in [-0.25, -0.2) is 0 Å². The summed E-state index contributed by atoms with van der Waals surface area (Å²) in [7, 11) is 2.21. The van der Waals surface area contributed by atoms with Gasteiger partial charge in [0.2, 0.25) is 0 Å². The summed E-state index contributed by atoms with van der Waals surface area (Å²) in [5.41, 5.74) is 7.12. The van der Waals surface area contributed by atoms with Crippen LogP contribution >= 0.6 is 0 Å². The van der Waals surface area contributed by atoms with Crippen molar-refractivity contribution in [3.8, 4) is 0 Å². The minimum atomic E-state index is 0.470. The summed E-state index contributed by atoms with van der Waals surface area (Å²) >= 11 is 0. The van der Waals surface area contributed by atoms with Gasteiger partial charge < -0.3 is 5.73 Å². The lowest BCUT2D eigenvalue weighted by atomic mass is 10.0. The maximum absolute atomic E-state index is 5.73. The minimum absolute atomic E-state index is 0.470. The fraction of sp³-hybridized carbons (Fsp3) is 0.600. The summed E-state index contributed by atoms with van der Waals surface area (Å²) in [6.07, 6.45) is 4.91. The van der Waals surface area contributed by atoms with E-state index in [0.717, 1.165) is 19.5 Å². The third-order valence-electron chi connectivity index (χ3n) is 3.27. The number of rotatable bonds is 8. The molecule has 1 rings (SSSR count). The van der Waals surface area contributed by atoms with Crippen LogP contribution in [0.2, 0.25) is 0 Å². The fourth-order valence-electron chi connectivity index (χ4n) is 2.24. The minimum Gasteiger partial charge on any atom is -0.330 e. The molecule has 0 bridgehead atoms. The van der Waals surface area contributed by atoms with Crippen LogP contribution in [0.25, 0.3) is 0 Å². The largest absolute Gasteiger partial charge is 0.330 e. The lowest BCUT2D eigenvalue weighted by Gasteiger charge is -2.28. The maximum Gasteiger partial charge on any atom is 0.0357 e. The first-order valence-corrected chi connectivity index (χ1v) is 6.74. The molecule has 2 heteroatoms. The van der Waals surface area contributed by atoms with Gasteiger partial charge in [-0.05, 0) is 38.5 Å². The molecule has 0 aliphatic carbocycles. The molecular weight excluding hydrogens is 208 g/mol. The maximum atomic E-state index is 5.73. The Morgan fingerprint density at radius 2 is 1.88 bits per heavy atom. The highest BCUT2D eigenvalue weighted by molar-refractivity contribution is 5.18. The summed E-state index contributed by atoms with van der Waals surface area (Å²) in [5, 5.41) is 0. The van der Waals surface area contributed by atoms with Crippen molar-refractivity contribution < 1.29 is 0 Å². The lowest BCUT2D eigenvalue weighted by Crippen LogP contribution is -2.27. The van der Waals surface area contributed by atoms with Gasteiger partial charge in [0.1, 0.15) is 0 Å². The Morgan fingerprint density at radius 3 is 2.47 bits per heavy atom. The molecule has 96 valence electrons. The smallest absolute Gasteiger partial charge is 0.0357 e. The zero-order valence-electron chi connectivity index (χ0n) is 11.2. The van der Waals surface area contributed by atoms with Crippen LogP contribution in [0.15, 0.2) is 30.3 Å². The van der Waals surface area contributed by atoms with Gasteiger partial charge in [-0.3, -0.25) is 4.90 Å². The lowest BCUT2D eigenvalue weighted by molar-refractivity contribution is 0.230. The van der Waals surface area contributed by atoms with Crippen LogP contribution in [-0.4, -0.2) is 25.0 Å². The number of nitrogens with zero attached hydrogens (tertiary/aromatic N) is 1. The summed E-state index contributed by atoms with van der Waals surface area (Å²) in [5.74, 6) is 0. The number of hydrogen-bond donors (Lipinski definition) is 1. The summed E-state index contributed by atoms with van der Waals surface area (Å²) in [6, 6.07) is 11.2. The molecule has 1 unspecified atom stereocenters. The van der Waals surface area contributed by atoms with E-state index in [0.29, 0.717) is 6.04 Å². The fourth-order valence-corrected chi connectivity index (χ4v) is 2.24. The molecule has 0 fully saturated rings. The van der Waals surface area contributed by atoms with Crippen LogP contribution in [-0.2, 0) is 0 Å². The Hall–Kier alpha value is -0.860. The predicted octanol–water partition coefficient (Wildman–Crippen LogP) is 3.20. The van der Waals surface area contributed by atoms with Crippen molar-refractivity contribution in [2.75, 3.05) is 20.1 Å². The molecule has 1 aromatic carbocycles. The van der Waals surface area contributed by atoms with Crippen molar-refractivity contribution in [1.29, 1.82) is 0 Å². The van der Waals surface area contributed by atoms with Gasteiger partial charge in [0.25, 0.3) is 0 Å². The van der Waals surface area contributed by atoms with Crippen molar-refractivity contribution in [3.05, 3.63) is 35.9 Å². The summed E-state index contributed by atoms with van der Waals surface area (Å²) in [4.78, 5) is 2.44. The van der Waals surface area contributed by atoms with E-state index in [1.54, 1.807) is 0 Å². The highest BCUT2D eigenvalue weighted by atomic mass is 15.1. The van der Waals surface area contributed by atoms with Crippen LogP contribution in [0.1, 0.15) is 44.2 Å². The topological polar surface area (TPSA) is 29.3 Å².